The Morgan fingerprint density at radius 2 is 1.58 bits per heavy atom. The molecule has 0 amide bonds. The Bertz CT molecular complexity index is 1470. The highest BCUT2D eigenvalue weighted by Crippen LogP contribution is 2.48. The summed E-state index contributed by atoms with van der Waals surface area (Å²) < 4.78 is 57.8. The summed E-state index contributed by atoms with van der Waals surface area (Å²) in [5.74, 6) is -1.49. The number of imidazole rings is 1. The van der Waals surface area contributed by atoms with E-state index < -0.39 is 49.8 Å². The van der Waals surface area contributed by atoms with Crippen molar-refractivity contribution in [3.8, 4) is 11.6 Å². The summed E-state index contributed by atoms with van der Waals surface area (Å²) in [6, 6.07) is 4.26. The maximum Gasteiger partial charge on any atom is 0.397 e. The summed E-state index contributed by atoms with van der Waals surface area (Å²) in [7, 11) is -4.41. The number of aromatic nitrogens is 2. The summed E-state index contributed by atoms with van der Waals surface area (Å²) in [4.78, 5) is 29.3. The van der Waals surface area contributed by atoms with Crippen LogP contribution in [0.25, 0.3) is 22.6 Å². The van der Waals surface area contributed by atoms with E-state index in [1.807, 2.05) is 25.3 Å². The number of nitrogens with zero attached hydrogens (tertiary/aromatic N) is 2. The molecule has 2 N–H and O–H groups in total. The van der Waals surface area contributed by atoms with Gasteiger partial charge in [-0.2, -0.15) is 0 Å². The fourth-order valence-corrected chi connectivity index (χ4v) is 5.50. The average molecular weight is 646 g/mol. The number of hydrogen-bond acceptors (Lipinski definition) is 10. The van der Waals surface area contributed by atoms with Gasteiger partial charge in [0.15, 0.2) is 24.8 Å². The number of esters is 2. The molecule has 0 spiro atoms. The van der Waals surface area contributed by atoms with E-state index in [1.54, 1.807) is 41.5 Å². The molecule has 0 aliphatic heterocycles. The van der Waals surface area contributed by atoms with Crippen LogP contribution in [-0.2, 0) is 45.6 Å². The number of ether oxygens (including phenoxy) is 2. The molecule has 3 rings (SSSR count). The minimum atomic E-state index is -4.41. The molecule has 3 aromatic rings. The lowest BCUT2D eigenvalue weighted by molar-refractivity contribution is -0.157. The van der Waals surface area contributed by atoms with Crippen LogP contribution < -0.4 is 11.2 Å². The van der Waals surface area contributed by atoms with E-state index >= 15 is 0 Å². The topological polar surface area (TPSA) is 145 Å². The monoisotopic (exact) mass is 645 g/mol. The van der Waals surface area contributed by atoms with E-state index in [2.05, 4.69) is 4.98 Å². The number of hydrogen-bond donors (Lipinski definition) is 1. The number of nitrogens with two attached hydrogens (primary N) is 1. The molecule has 0 saturated carbocycles. The van der Waals surface area contributed by atoms with Crippen LogP contribution in [-0.4, -0.2) is 45.9 Å². The minimum absolute atomic E-state index is 0. The van der Waals surface area contributed by atoms with Crippen molar-refractivity contribution in [3.63, 3.8) is 0 Å². The zero-order valence-corrected chi connectivity index (χ0v) is 27.8. The quantitative estimate of drug-likeness (QED) is 0.145. The second-order valence-corrected chi connectivity index (χ2v) is 14.2. The Morgan fingerprint density at radius 3 is 2.05 bits per heavy atom. The fraction of sp³-hybridized carbons (Fsp3) is 0.552. The molecule has 0 aliphatic rings. The SMILES string of the molecule is CCc1cc(F)c(N)c2nc(-c3ccc(P(=O)(OCC(=O)OC(C)(C)C)OCC(=O)OC(C)(C)C)o3)n(CC(C)C)c12.Cl. The van der Waals surface area contributed by atoms with Gasteiger partial charge < -0.3 is 24.2 Å². The lowest BCUT2D eigenvalue weighted by Crippen LogP contribution is -2.28. The molecule has 240 valence electrons. The highest BCUT2D eigenvalue weighted by Gasteiger charge is 2.36. The standard InChI is InChI=1S/C29H41FN3O8P.ClH/c1-10-18-13-19(30)24(31)25-26(18)33(14-17(2)3)27(32-25)20-11-12-23(39-20)42(36,37-15-21(34)40-28(4,5)6)38-16-22(35)41-29(7,8)9;/h11-13,17H,10,14-16,31H2,1-9H3;1H. The van der Waals surface area contributed by atoms with E-state index in [0.717, 1.165) is 5.56 Å². The summed E-state index contributed by atoms with van der Waals surface area (Å²) >= 11 is 0. The molecule has 0 aliphatic carbocycles. The van der Waals surface area contributed by atoms with Crippen molar-refractivity contribution in [2.24, 2.45) is 5.92 Å². The van der Waals surface area contributed by atoms with E-state index in [1.165, 1.54) is 18.2 Å². The Balaban J connectivity index is 0.00000645. The molecule has 11 nitrogen and oxygen atoms in total. The lowest BCUT2D eigenvalue weighted by Gasteiger charge is -2.22. The highest BCUT2D eigenvalue weighted by molar-refractivity contribution is 7.61. The first-order chi connectivity index (χ1) is 19.3. The van der Waals surface area contributed by atoms with Crippen LogP contribution in [0.5, 0.6) is 0 Å². The molecule has 0 atom stereocenters. The normalized spacial score (nSPS) is 12.4. The van der Waals surface area contributed by atoms with Crippen LogP contribution in [0.2, 0.25) is 0 Å². The van der Waals surface area contributed by atoms with Gasteiger partial charge in [0.05, 0.1) is 11.2 Å². The second kappa shape index (κ2) is 13.8. The number of benzene rings is 1. The number of furan rings is 1. The van der Waals surface area contributed by atoms with Gasteiger partial charge in [0.2, 0.25) is 5.50 Å². The maximum absolute atomic E-state index is 14.6. The van der Waals surface area contributed by atoms with Crippen molar-refractivity contribution in [2.75, 3.05) is 18.9 Å². The highest BCUT2D eigenvalue weighted by atomic mass is 35.5. The van der Waals surface area contributed by atoms with Crippen LogP contribution in [0.15, 0.2) is 22.6 Å². The van der Waals surface area contributed by atoms with E-state index in [0.29, 0.717) is 24.3 Å². The molecule has 0 radical (unpaired) electrons. The van der Waals surface area contributed by atoms with Gasteiger partial charge in [0.25, 0.3) is 0 Å². The molecule has 0 unspecified atom stereocenters. The largest absolute Gasteiger partial charge is 0.458 e. The maximum atomic E-state index is 14.6. The summed E-state index contributed by atoms with van der Waals surface area (Å²) in [5.41, 5.74) is 5.76. The van der Waals surface area contributed by atoms with Gasteiger partial charge in [-0.25, -0.2) is 19.0 Å². The molecule has 0 bridgehead atoms. The number of halogens is 2. The van der Waals surface area contributed by atoms with Crippen LogP contribution in [0.1, 0.15) is 67.9 Å². The number of anilines is 1. The Morgan fingerprint density at radius 1 is 1.05 bits per heavy atom. The number of aryl methyl sites for hydroxylation is 1. The molecular weight excluding hydrogens is 604 g/mol. The first kappa shape index (κ1) is 36.3. The van der Waals surface area contributed by atoms with E-state index in [-0.39, 0.29) is 40.8 Å². The minimum Gasteiger partial charge on any atom is -0.458 e. The molecule has 14 heteroatoms. The van der Waals surface area contributed by atoms with Gasteiger partial charge in [0.1, 0.15) is 22.5 Å². The van der Waals surface area contributed by atoms with Crippen molar-refractivity contribution in [1.29, 1.82) is 0 Å². The Kier molecular flexibility index (Phi) is 11.6. The Hall–Kier alpha value is -2.92. The molecular formula is C29H42ClFN3O8P. The number of nitrogen functional groups attached to an aromatic ring is 1. The smallest absolute Gasteiger partial charge is 0.397 e. The molecule has 2 aromatic heterocycles. The predicted molar refractivity (Wildman–Crippen MR) is 164 cm³/mol. The van der Waals surface area contributed by atoms with Crippen molar-refractivity contribution >= 4 is 54.2 Å². The van der Waals surface area contributed by atoms with Crippen LogP contribution in [0.3, 0.4) is 0 Å². The molecule has 2 heterocycles. The predicted octanol–water partition coefficient (Wildman–Crippen LogP) is 6.19. The molecule has 0 saturated heterocycles. The van der Waals surface area contributed by atoms with E-state index in [9.17, 15) is 18.5 Å². The van der Waals surface area contributed by atoms with Crippen molar-refractivity contribution in [2.45, 2.75) is 86.5 Å². The van der Waals surface area contributed by atoms with Gasteiger partial charge in [-0.05, 0) is 77.6 Å². The fourth-order valence-electron chi connectivity index (χ4n) is 4.16. The zero-order chi connectivity index (χ0) is 31.6. The third-order valence-electron chi connectivity index (χ3n) is 5.64. The van der Waals surface area contributed by atoms with Gasteiger partial charge in [-0.15, -0.1) is 12.4 Å². The van der Waals surface area contributed by atoms with Gasteiger partial charge >= 0.3 is 19.5 Å². The summed E-state index contributed by atoms with van der Waals surface area (Å²) in [6.07, 6.45) is 0.534. The molecule has 43 heavy (non-hydrogen) atoms. The number of rotatable bonds is 11. The van der Waals surface area contributed by atoms with Crippen LogP contribution in [0, 0.1) is 11.7 Å². The molecule has 0 fully saturated rings. The number of fused-ring (bicyclic) bond motifs is 1. The summed E-state index contributed by atoms with van der Waals surface area (Å²) in [5, 5.41) is 0. The van der Waals surface area contributed by atoms with Crippen molar-refractivity contribution < 1.29 is 41.5 Å². The van der Waals surface area contributed by atoms with Crippen molar-refractivity contribution in [1.82, 2.24) is 9.55 Å². The van der Waals surface area contributed by atoms with E-state index in [4.69, 9.17) is 28.7 Å². The lowest BCUT2D eigenvalue weighted by atomic mass is 10.1. The number of carbonyl (C=O) groups excluding carboxylic acids is 2. The van der Waals surface area contributed by atoms with Gasteiger partial charge in [-0.3, -0.25) is 13.6 Å². The van der Waals surface area contributed by atoms with Crippen molar-refractivity contribution in [3.05, 3.63) is 29.6 Å². The third-order valence-corrected chi connectivity index (χ3v) is 7.36. The molecule has 1 aromatic carbocycles. The second-order valence-electron chi connectivity index (χ2n) is 12.3. The average Bonchev–Trinajstić information content (AvgIpc) is 3.47. The first-order valence-corrected chi connectivity index (χ1v) is 15.3. The van der Waals surface area contributed by atoms with Crippen LogP contribution >= 0.6 is 20.0 Å². The number of carbonyl (C=O) groups is 2. The Labute approximate surface area is 257 Å². The third kappa shape index (κ3) is 9.28. The zero-order valence-electron chi connectivity index (χ0n) is 26.1. The van der Waals surface area contributed by atoms with Gasteiger partial charge in [0, 0.05) is 6.54 Å². The van der Waals surface area contributed by atoms with Gasteiger partial charge in [-0.1, -0.05) is 20.8 Å². The van der Waals surface area contributed by atoms with Crippen LogP contribution in [0.4, 0.5) is 10.1 Å². The summed E-state index contributed by atoms with van der Waals surface area (Å²) in [6.45, 7) is 15.0. The first-order valence-electron chi connectivity index (χ1n) is 13.7.